The van der Waals surface area contributed by atoms with Crippen molar-refractivity contribution in [2.24, 2.45) is 5.73 Å². The van der Waals surface area contributed by atoms with Crippen molar-refractivity contribution in [3.8, 4) is 44.5 Å². The first-order chi connectivity index (χ1) is 34.0. The van der Waals surface area contributed by atoms with Crippen LogP contribution in [0.1, 0.15) is 57.6 Å². The highest BCUT2D eigenvalue weighted by Crippen LogP contribution is 2.46. The summed E-state index contributed by atoms with van der Waals surface area (Å²) in [4.78, 5) is 0. The Morgan fingerprint density at radius 2 is 0.643 bits per heavy atom. The molecular weight excluding hydrogens is 857 g/mol. The molecule has 0 heterocycles. The van der Waals surface area contributed by atoms with Crippen LogP contribution in [0, 0.1) is 0 Å². The fourth-order valence-corrected chi connectivity index (χ4v) is 10.2. The minimum atomic E-state index is -0.191. The van der Waals surface area contributed by atoms with Gasteiger partial charge in [0.1, 0.15) is 0 Å². The van der Waals surface area contributed by atoms with Crippen molar-refractivity contribution in [2.45, 2.75) is 24.2 Å². The second kappa shape index (κ2) is 18.9. The Kier molecular flexibility index (Phi) is 12.0. The summed E-state index contributed by atoms with van der Waals surface area (Å²) >= 11 is 0. The first kappa shape index (κ1) is 44.7. The largest absolute Gasteiger partial charge is 0.402 e. The van der Waals surface area contributed by atoms with E-state index >= 15 is 0 Å². The quantitative estimate of drug-likeness (QED) is 0.0461. The lowest BCUT2D eigenvalue weighted by molar-refractivity contribution is 0.714. The Morgan fingerprint density at radius 3 is 1.06 bits per heavy atom. The van der Waals surface area contributed by atoms with Gasteiger partial charge in [0.2, 0.25) is 0 Å². The molecule has 2 unspecified atom stereocenters. The highest BCUT2D eigenvalue weighted by atomic mass is 14.6. The van der Waals surface area contributed by atoms with Crippen molar-refractivity contribution in [1.82, 2.24) is 0 Å². The van der Waals surface area contributed by atoms with E-state index in [4.69, 9.17) is 45.9 Å². The maximum absolute atomic E-state index is 6.73. The summed E-state index contributed by atoms with van der Waals surface area (Å²) in [7, 11) is 0. The molecule has 8 nitrogen and oxygen atoms in total. The molecule has 0 bridgehead atoms. The van der Waals surface area contributed by atoms with Crippen LogP contribution in [-0.2, 0) is 0 Å². The Balaban J connectivity index is 1.04. The molecule has 70 heavy (non-hydrogen) atoms. The summed E-state index contributed by atoms with van der Waals surface area (Å²) in [6.45, 7) is 0. The summed E-state index contributed by atoms with van der Waals surface area (Å²) in [5.41, 5.74) is 73.5. The van der Waals surface area contributed by atoms with Gasteiger partial charge < -0.3 is 45.9 Å². The van der Waals surface area contributed by atoms with Crippen LogP contribution in [0.4, 0.5) is 39.8 Å². The first-order valence-electron chi connectivity index (χ1n) is 23.5. The molecule has 2 atom stereocenters. The van der Waals surface area contributed by atoms with Gasteiger partial charge in [0.25, 0.3) is 0 Å². The van der Waals surface area contributed by atoms with Gasteiger partial charge in [-0.3, -0.25) is 0 Å². The number of hydrogen-bond acceptors (Lipinski definition) is 8. The van der Waals surface area contributed by atoms with Crippen molar-refractivity contribution < 1.29 is 0 Å². The average molecular weight is 913 g/mol. The fourth-order valence-electron chi connectivity index (χ4n) is 10.2. The van der Waals surface area contributed by atoms with Crippen LogP contribution in [0.25, 0.3) is 44.5 Å². The minimum Gasteiger partial charge on any atom is -0.402 e. The van der Waals surface area contributed by atoms with Gasteiger partial charge in [-0.2, -0.15) is 0 Å². The van der Waals surface area contributed by atoms with Crippen LogP contribution in [0.2, 0.25) is 0 Å². The van der Waals surface area contributed by atoms with Crippen molar-refractivity contribution in [3.05, 3.63) is 257 Å². The van der Waals surface area contributed by atoms with Crippen LogP contribution >= 0.6 is 0 Å². The number of nitrogen functional groups attached to an aromatic ring is 7. The number of rotatable bonds is 11. The van der Waals surface area contributed by atoms with E-state index < -0.39 is 0 Å². The first-order valence-corrected chi connectivity index (χ1v) is 23.5. The molecule has 1 aliphatic rings. The van der Waals surface area contributed by atoms with Gasteiger partial charge in [-0.25, -0.2) is 0 Å². The zero-order chi connectivity index (χ0) is 48.5. The molecule has 0 spiro atoms. The molecule has 0 fully saturated rings. The lowest BCUT2D eigenvalue weighted by Gasteiger charge is -2.30. The van der Waals surface area contributed by atoms with Gasteiger partial charge in [0.15, 0.2) is 0 Å². The fraction of sp³-hybridized carbons (Fsp3) is 0.0645. The van der Waals surface area contributed by atoms with E-state index in [0.29, 0.717) is 40.5 Å². The molecule has 0 radical (unpaired) electrons. The maximum Gasteiger partial charge on any atom is 0.0394 e. The number of para-hydroxylation sites is 4. The molecule has 0 aromatic heterocycles. The normalized spacial score (nSPS) is 13.9. The van der Waals surface area contributed by atoms with Crippen molar-refractivity contribution >= 4 is 39.8 Å². The van der Waals surface area contributed by atoms with E-state index in [9.17, 15) is 0 Å². The molecule has 344 valence electrons. The molecule has 0 saturated heterocycles. The van der Waals surface area contributed by atoms with Gasteiger partial charge in [-0.1, -0.05) is 151 Å². The Bertz CT molecular complexity index is 3370. The SMILES string of the molecule is NC1=CC=C(C(c2ccc(-c3ccc(C(c4ccc(N)c(-c5ccccc5N)c4)c4ccc(N)c(-c5ccccc5N)c4)cc3)cc2)c2ccc(N)c(-c3ccccc3N)c2)CC1c1ccccc1N. The number of benzene rings is 9. The monoisotopic (exact) mass is 912 g/mol. The lowest BCUT2D eigenvalue weighted by Crippen LogP contribution is -2.18. The van der Waals surface area contributed by atoms with Crippen molar-refractivity contribution in [3.63, 3.8) is 0 Å². The van der Waals surface area contributed by atoms with E-state index in [1.54, 1.807) is 0 Å². The number of nitrogens with two attached hydrogens (primary N) is 8. The number of allylic oxidation sites excluding steroid dienone is 4. The third kappa shape index (κ3) is 8.66. The van der Waals surface area contributed by atoms with Gasteiger partial charge in [-0.05, 0) is 118 Å². The highest BCUT2D eigenvalue weighted by molar-refractivity contribution is 5.87. The molecule has 10 rings (SSSR count). The molecule has 8 heteroatoms. The molecular formula is C62H56N8. The molecule has 16 N–H and O–H groups in total. The van der Waals surface area contributed by atoms with Crippen LogP contribution in [-0.4, -0.2) is 0 Å². The topological polar surface area (TPSA) is 208 Å². The van der Waals surface area contributed by atoms with E-state index in [-0.39, 0.29) is 17.8 Å². The second-order valence-corrected chi connectivity index (χ2v) is 18.2. The summed E-state index contributed by atoms with van der Waals surface area (Å²) in [5.74, 6) is -0.384. The minimum absolute atomic E-state index is 0.0732. The zero-order valence-corrected chi connectivity index (χ0v) is 38.8. The van der Waals surface area contributed by atoms with Crippen LogP contribution in [0.15, 0.2) is 224 Å². The van der Waals surface area contributed by atoms with E-state index in [0.717, 1.165) is 89.3 Å². The van der Waals surface area contributed by atoms with Crippen LogP contribution in [0.3, 0.4) is 0 Å². The summed E-state index contributed by atoms with van der Waals surface area (Å²) in [5, 5.41) is 0. The smallest absolute Gasteiger partial charge is 0.0394 e. The van der Waals surface area contributed by atoms with Crippen molar-refractivity contribution in [1.29, 1.82) is 0 Å². The summed E-state index contributed by atoms with van der Waals surface area (Å²) in [6.07, 6.45) is 4.90. The maximum atomic E-state index is 6.73. The molecule has 0 aliphatic heterocycles. The molecule has 1 aliphatic carbocycles. The predicted molar refractivity (Wildman–Crippen MR) is 295 cm³/mol. The summed E-state index contributed by atoms with van der Waals surface area (Å²) < 4.78 is 0. The molecule has 9 aromatic rings. The number of anilines is 7. The van der Waals surface area contributed by atoms with Gasteiger partial charge in [0.05, 0.1) is 0 Å². The predicted octanol–water partition coefficient (Wildman–Crippen LogP) is 12.7. The van der Waals surface area contributed by atoms with Crippen LogP contribution < -0.4 is 45.9 Å². The third-order valence-corrected chi connectivity index (χ3v) is 13.9. The van der Waals surface area contributed by atoms with Crippen LogP contribution in [0.5, 0.6) is 0 Å². The Labute approximate surface area is 409 Å². The van der Waals surface area contributed by atoms with E-state index in [2.05, 4.69) is 97.1 Å². The molecule has 0 amide bonds. The second-order valence-electron chi connectivity index (χ2n) is 18.2. The number of hydrogen-bond donors (Lipinski definition) is 8. The zero-order valence-electron chi connectivity index (χ0n) is 38.8. The molecule has 0 saturated carbocycles. The highest BCUT2D eigenvalue weighted by Gasteiger charge is 2.29. The third-order valence-electron chi connectivity index (χ3n) is 13.9. The van der Waals surface area contributed by atoms with Crippen molar-refractivity contribution in [2.75, 3.05) is 40.1 Å². The van der Waals surface area contributed by atoms with E-state index in [1.807, 2.05) is 115 Å². The Hall–Kier alpha value is -9.14. The lowest BCUT2D eigenvalue weighted by atomic mass is 9.75. The van der Waals surface area contributed by atoms with E-state index in [1.165, 1.54) is 5.57 Å². The summed E-state index contributed by atoms with van der Waals surface area (Å²) in [6, 6.07) is 67.9. The van der Waals surface area contributed by atoms with Gasteiger partial charge in [-0.15, -0.1) is 0 Å². The average Bonchev–Trinajstić information content (AvgIpc) is 3.37. The van der Waals surface area contributed by atoms with Gasteiger partial charge >= 0.3 is 0 Å². The Morgan fingerprint density at radius 1 is 0.300 bits per heavy atom. The standard InChI is InChI=1S/C62H56N8/c63-53-13-5-1-9-45(53)49-33-41(25-29-57(49)67)61(42-26-30-58(68)50(34-42)46-10-2-6-14-54(46)64)39-21-17-37(18-22-39)38-19-23-40(24-20-38)62(43-27-31-59(69)51(35-43)47-11-3-7-15-55(47)65)44-28-32-60(70)52(36-44)48-12-4-8-16-56(48)66/h1-35,52,61-62H,36,63-70H2. The molecule has 9 aromatic carbocycles. The van der Waals surface area contributed by atoms with Gasteiger partial charge in [0, 0.05) is 96.6 Å².